The first-order chi connectivity index (χ1) is 16.8. The predicted molar refractivity (Wildman–Crippen MR) is 160 cm³/mol. The highest BCUT2D eigenvalue weighted by molar-refractivity contribution is 7.11. The van der Waals surface area contributed by atoms with Crippen molar-refractivity contribution in [2.45, 2.75) is 74.6 Å². The van der Waals surface area contributed by atoms with Gasteiger partial charge in [-0.05, 0) is 48.5 Å². The first kappa shape index (κ1) is 28.9. The summed E-state index contributed by atoms with van der Waals surface area (Å²) in [6, 6.07) is 27.5. The average molecular weight is 472 g/mol. The maximum absolute atomic E-state index is 2.40. The van der Waals surface area contributed by atoms with Gasteiger partial charge < -0.3 is 4.48 Å². The number of aryl methyl sites for hydroxylation is 3. The normalized spacial score (nSPS) is 11.7. The molecule has 0 N–H and O–H groups in total. The Kier molecular flexibility index (Phi) is 11.3. The molecule has 1 nitrogen and oxygen atoms in total. The number of hydrogen-bond donors (Lipinski definition) is 0. The first-order valence-corrected chi connectivity index (χ1v) is 14.0. The lowest BCUT2D eigenvalue weighted by Crippen LogP contribution is -2.67. The van der Waals surface area contributed by atoms with Crippen LogP contribution < -0.4 is 16.4 Å². The third-order valence-electron chi connectivity index (χ3n) is 8.51. The Morgan fingerprint density at radius 3 is 1.11 bits per heavy atom. The van der Waals surface area contributed by atoms with Gasteiger partial charge in [0.2, 0.25) is 0 Å². The molecular formula is C33H50BN. The molecule has 0 spiro atoms. The first-order valence-electron chi connectivity index (χ1n) is 14.0. The standard InChI is InChI=1S/C25H30B.C8H20N/c1-5-6-16-26(23-13-7-10-20(2)17-23,24-14-8-11-21(3)18-24)25-15-9-12-22(4)19-25;1-5-9(6-2,7-3)8-4/h7-15,17-19H,5-6,16H2,1-4H3;5-8H2,1-4H3/q-1;+1. The van der Waals surface area contributed by atoms with E-state index in [1.54, 1.807) is 0 Å². The highest BCUT2D eigenvalue weighted by Crippen LogP contribution is 2.18. The number of hydrogen-bond acceptors (Lipinski definition) is 0. The van der Waals surface area contributed by atoms with Crippen molar-refractivity contribution in [2.24, 2.45) is 0 Å². The summed E-state index contributed by atoms with van der Waals surface area (Å²) in [5, 5.41) is 0. The van der Waals surface area contributed by atoms with Gasteiger partial charge in [-0.15, -0.1) is 0 Å². The third kappa shape index (κ3) is 7.11. The zero-order valence-electron chi connectivity index (χ0n) is 23.9. The van der Waals surface area contributed by atoms with Crippen molar-refractivity contribution < 1.29 is 4.48 Å². The monoisotopic (exact) mass is 471 g/mol. The van der Waals surface area contributed by atoms with Crippen LogP contribution in [0.1, 0.15) is 64.2 Å². The Morgan fingerprint density at radius 2 is 0.886 bits per heavy atom. The largest absolute Gasteiger partial charge is 0.325 e. The number of unbranched alkanes of at least 4 members (excludes halogenated alkanes) is 1. The highest BCUT2D eigenvalue weighted by atomic mass is 15.3. The molecule has 0 heterocycles. The molecule has 0 saturated carbocycles. The van der Waals surface area contributed by atoms with Gasteiger partial charge in [-0.25, -0.2) is 0 Å². The van der Waals surface area contributed by atoms with Gasteiger partial charge in [0.25, 0.3) is 0 Å². The molecule has 0 unspecified atom stereocenters. The van der Waals surface area contributed by atoms with E-state index < -0.39 is 6.15 Å². The van der Waals surface area contributed by atoms with Crippen LogP contribution in [0.15, 0.2) is 72.8 Å². The summed E-state index contributed by atoms with van der Waals surface area (Å²) in [5.74, 6) is 0. The fourth-order valence-electron chi connectivity index (χ4n) is 5.86. The number of rotatable bonds is 10. The van der Waals surface area contributed by atoms with Crippen LogP contribution >= 0.6 is 0 Å². The Morgan fingerprint density at radius 1 is 0.543 bits per heavy atom. The van der Waals surface area contributed by atoms with Crippen LogP contribution in [0.3, 0.4) is 0 Å². The van der Waals surface area contributed by atoms with Crippen LogP contribution in [-0.2, 0) is 0 Å². The molecule has 0 fully saturated rings. The highest BCUT2D eigenvalue weighted by Gasteiger charge is 2.29. The van der Waals surface area contributed by atoms with Crippen molar-refractivity contribution in [1.82, 2.24) is 0 Å². The van der Waals surface area contributed by atoms with Gasteiger partial charge in [0, 0.05) is 0 Å². The maximum atomic E-state index is 2.40. The Hall–Kier alpha value is -2.32. The van der Waals surface area contributed by atoms with Crippen LogP contribution in [0.4, 0.5) is 0 Å². The zero-order valence-corrected chi connectivity index (χ0v) is 23.9. The van der Waals surface area contributed by atoms with Gasteiger partial charge in [-0.3, -0.25) is 0 Å². The van der Waals surface area contributed by atoms with E-state index in [4.69, 9.17) is 0 Å². The summed E-state index contributed by atoms with van der Waals surface area (Å²) in [7, 11) is 0. The molecule has 3 rings (SSSR count). The van der Waals surface area contributed by atoms with Crippen LogP contribution in [0.2, 0.25) is 6.32 Å². The lowest BCUT2D eigenvalue weighted by Gasteiger charge is -2.44. The molecule has 3 aromatic rings. The lowest BCUT2D eigenvalue weighted by atomic mass is 9.14. The van der Waals surface area contributed by atoms with Crippen LogP contribution in [-0.4, -0.2) is 36.8 Å². The van der Waals surface area contributed by atoms with Crippen molar-refractivity contribution in [3.63, 3.8) is 0 Å². The van der Waals surface area contributed by atoms with Crippen molar-refractivity contribution in [3.8, 4) is 0 Å². The summed E-state index contributed by atoms with van der Waals surface area (Å²) in [4.78, 5) is 0. The molecule has 2 heteroatoms. The number of nitrogens with zero attached hydrogens (tertiary/aromatic N) is 1. The third-order valence-corrected chi connectivity index (χ3v) is 8.51. The van der Waals surface area contributed by atoms with Crippen molar-refractivity contribution in [2.75, 3.05) is 26.2 Å². The fraction of sp³-hybridized carbons (Fsp3) is 0.455. The van der Waals surface area contributed by atoms with Crippen molar-refractivity contribution in [3.05, 3.63) is 89.5 Å². The second-order valence-corrected chi connectivity index (χ2v) is 10.5. The lowest BCUT2D eigenvalue weighted by molar-refractivity contribution is -0.921. The molecule has 0 radical (unpaired) electrons. The topological polar surface area (TPSA) is 0 Å². The molecule has 35 heavy (non-hydrogen) atoms. The molecule has 0 aliphatic carbocycles. The minimum absolute atomic E-state index is 0.971. The van der Waals surface area contributed by atoms with E-state index in [1.807, 2.05) is 0 Å². The molecule has 0 aliphatic heterocycles. The summed E-state index contributed by atoms with van der Waals surface area (Å²) >= 11 is 0. The van der Waals surface area contributed by atoms with E-state index in [-0.39, 0.29) is 0 Å². The maximum Gasteiger partial charge on any atom is 0.0815 e. The molecule has 190 valence electrons. The molecule has 0 amide bonds. The summed E-state index contributed by atoms with van der Waals surface area (Å²) in [6.07, 6.45) is 2.66. The second-order valence-electron chi connectivity index (χ2n) is 10.5. The smallest absolute Gasteiger partial charge is 0.0815 e. The summed E-state index contributed by atoms with van der Waals surface area (Å²) in [5.41, 5.74) is 8.42. The van der Waals surface area contributed by atoms with E-state index in [0.29, 0.717) is 0 Å². The summed E-state index contributed by atoms with van der Waals surface area (Å²) < 4.78 is 1.28. The molecule has 0 bridgehead atoms. The number of benzene rings is 3. The fourth-order valence-corrected chi connectivity index (χ4v) is 5.86. The zero-order chi connectivity index (χ0) is 25.9. The van der Waals surface area contributed by atoms with Gasteiger partial charge in [0.1, 0.15) is 0 Å². The quantitative estimate of drug-likeness (QED) is 0.226. The molecule has 0 aliphatic rings. The van der Waals surface area contributed by atoms with Crippen LogP contribution in [0.25, 0.3) is 0 Å². The van der Waals surface area contributed by atoms with Gasteiger partial charge >= 0.3 is 0 Å². The summed E-state index contributed by atoms with van der Waals surface area (Å²) in [6.45, 7) is 23.1. The van der Waals surface area contributed by atoms with Crippen molar-refractivity contribution >= 4 is 22.5 Å². The molecule has 0 saturated heterocycles. The molecule has 3 aromatic carbocycles. The molecule has 0 aromatic heterocycles. The predicted octanol–water partition coefficient (Wildman–Crippen LogP) is 6.76. The van der Waals surface area contributed by atoms with E-state index in [2.05, 4.69) is 128 Å². The van der Waals surface area contributed by atoms with E-state index in [9.17, 15) is 0 Å². The average Bonchev–Trinajstić information content (AvgIpc) is 2.87. The van der Waals surface area contributed by atoms with Crippen LogP contribution in [0.5, 0.6) is 0 Å². The van der Waals surface area contributed by atoms with E-state index in [0.717, 1.165) is 0 Å². The van der Waals surface area contributed by atoms with E-state index in [1.165, 1.54) is 82.9 Å². The minimum atomic E-state index is -0.971. The van der Waals surface area contributed by atoms with Gasteiger partial charge in [-0.1, -0.05) is 109 Å². The van der Waals surface area contributed by atoms with Crippen LogP contribution in [0, 0.1) is 20.8 Å². The van der Waals surface area contributed by atoms with Gasteiger partial charge in [0.15, 0.2) is 0 Å². The van der Waals surface area contributed by atoms with Crippen molar-refractivity contribution in [1.29, 1.82) is 0 Å². The number of quaternary nitrogens is 1. The Labute approximate surface area is 217 Å². The Balaban J connectivity index is 0.000000410. The van der Waals surface area contributed by atoms with Gasteiger partial charge in [0.05, 0.1) is 32.3 Å². The molecule has 0 atom stereocenters. The molecular weight excluding hydrogens is 421 g/mol. The van der Waals surface area contributed by atoms with E-state index >= 15 is 0 Å². The second kappa shape index (κ2) is 13.7. The van der Waals surface area contributed by atoms with Gasteiger partial charge in [-0.2, -0.15) is 22.7 Å². The Bertz CT molecular complexity index is 906. The SMILES string of the molecule is CCCC[B-](c1cccc(C)c1)(c1cccc(C)c1)c1cccc(C)c1.CC[N+](CC)(CC)CC. The minimum Gasteiger partial charge on any atom is -0.325 e.